The highest BCUT2D eigenvalue weighted by Crippen LogP contribution is 2.17. The third-order valence-corrected chi connectivity index (χ3v) is 0.667. The van der Waals surface area contributed by atoms with E-state index in [1.165, 1.54) is 0 Å². The first-order valence-electron chi connectivity index (χ1n) is 2.89. The van der Waals surface area contributed by atoms with Crippen molar-refractivity contribution in [2.45, 2.75) is 27.7 Å². The number of hydrogen-bond donors (Lipinski definition) is 0. The van der Waals surface area contributed by atoms with Gasteiger partial charge in [0.15, 0.2) is 7.85 Å². The van der Waals surface area contributed by atoms with Crippen molar-refractivity contribution < 1.29 is 0 Å². The normalized spacial score (nSPS) is 10.9. The van der Waals surface area contributed by atoms with Gasteiger partial charge in [-0.25, -0.2) is 0 Å². The van der Waals surface area contributed by atoms with E-state index in [9.17, 15) is 0 Å². The van der Waals surface area contributed by atoms with E-state index in [1.807, 2.05) is 5.82 Å². The predicted molar refractivity (Wildman–Crippen MR) is 42.9 cm³/mol. The molecule has 0 saturated carbocycles. The lowest BCUT2D eigenvalue weighted by atomic mass is 9.71. The van der Waals surface area contributed by atoms with Crippen LogP contribution in [0.2, 0.25) is 0 Å². The van der Waals surface area contributed by atoms with Crippen molar-refractivity contribution in [2.24, 2.45) is 11.8 Å². The molecule has 8 heavy (non-hydrogen) atoms. The van der Waals surface area contributed by atoms with Crippen molar-refractivity contribution in [1.29, 1.82) is 0 Å². The molecule has 0 nitrogen and oxygen atoms in total. The summed E-state index contributed by atoms with van der Waals surface area (Å²) in [6, 6.07) is 0. The molecule has 0 amide bonds. The molecule has 0 unspecified atom stereocenters. The third-order valence-electron chi connectivity index (χ3n) is 0.667. The lowest BCUT2D eigenvalue weighted by Crippen LogP contribution is -2.12. The lowest BCUT2D eigenvalue weighted by molar-refractivity contribution is 0.583. The maximum Gasteiger partial charge on any atom is 0.158 e. The largest absolute Gasteiger partial charge is 0.158 e. The van der Waals surface area contributed by atoms with Crippen LogP contribution in [-0.2, 0) is 0 Å². The molecular formula is C7H17B. The molecule has 0 atom stereocenters. The maximum absolute atomic E-state index is 2.31. The van der Waals surface area contributed by atoms with Gasteiger partial charge in [-0.3, -0.25) is 0 Å². The second-order valence-corrected chi connectivity index (χ2v) is 2.48. The van der Waals surface area contributed by atoms with E-state index in [1.54, 1.807) is 0 Å². The standard InChI is InChI=1S/C7H17B/c1-5(2)7(8)6(3)4/h5-6H,1-4,8H3. The minimum atomic E-state index is 0.509. The van der Waals surface area contributed by atoms with E-state index in [4.69, 9.17) is 0 Å². The van der Waals surface area contributed by atoms with E-state index >= 15 is 0 Å². The molecule has 0 radical (unpaired) electrons. The van der Waals surface area contributed by atoms with Crippen LogP contribution in [0.25, 0.3) is 0 Å². The zero-order valence-electron chi connectivity index (χ0n) is 5.65. The Balaban J connectivity index is 3.46. The van der Waals surface area contributed by atoms with E-state index in [-0.39, 0.29) is 0 Å². The monoisotopic (exact) mass is 112 g/mol. The van der Waals surface area contributed by atoms with Gasteiger partial charge in [-0.2, -0.15) is 0 Å². The van der Waals surface area contributed by atoms with Gasteiger partial charge in [0.05, 0.1) is 0 Å². The average Bonchev–Trinajstić information content (AvgIpc) is 1.64. The highest BCUT2D eigenvalue weighted by molar-refractivity contribution is 6.19. The van der Waals surface area contributed by atoms with Gasteiger partial charge in [0.1, 0.15) is 0 Å². The van der Waals surface area contributed by atoms with E-state index in [0.29, 0.717) is 7.85 Å². The molecule has 0 bridgehead atoms. The molecule has 0 aromatic heterocycles. The summed E-state index contributed by atoms with van der Waals surface area (Å²) in [6.07, 6.45) is 0. The van der Waals surface area contributed by atoms with Crippen LogP contribution >= 0.6 is 0 Å². The quantitative estimate of drug-likeness (QED) is 0.372. The van der Waals surface area contributed by atoms with Crippen molar-refractivity contribution in [2.75, 3.05) is 0 Å². The molecule has 0 aromatic rings. The van der Waals surface area contributed by atoms with Gasteiger partial charge in [-0.05, 0) is 27.7 Å². The fraction of sp³-hybridized carbons (Fsp3) is 0.857. The first kappa shape index (κ1) is 7.93. The van der Waals surface area contributed by atoms with Crippen molar-refractivity contribution in [3.63, 3.8) is 0 Å². The van der Waals surface area contributed by atoms with Crippen LogP contribution in [-0.4, -0.2) is 7.85 Å². The molecule has 0 aliphatic carbocycles. The average molecular weight is 112 g/mol. The summed E-state index contributed by atoms with van der Waals surface area (Å²) < 4.78 is 0. The highest BCUT2D eigenvalue weighted by atomic mass is 14.1. The van der Waals surface area contributed by atoms with Crippen LogP contribution in [0, 0.1) is 17.7 Å². The van der Waals surface area contributed by atoms with Crippen LogP contribution in [0.15, 0.2) is 0 Å². The van der Waals surface area contributed by atoms with Gasteiger partial charge in [0.25, 0.3) is 0 Å². The zero-order chi connectivity index (χ0) is 6.73. The minimum absolute atomic E-state index is 0.509. The summed E-state index contributed by atoms with van der Waals surface area (Å²) in [5, 5.41) is 0. The molecule has 1 heteroatoms. The summed E-state index contributed by atoms with van der Waals surface area (Å²) in [4.78, 5) is 0. The Labute approximate surface area is 54.1 Å². The smallest absolute Gasteiger partial charge is 0.111 e. The van der Waals surface area contributed by atoms with E-state index < -0.39 is 0 Å². The number of rotatable bonds is 2. The van der Waals surface area contributed by atoms with E-state index in [2.05, 4.69) is 27.7 Å². The van der Waals surface area contributed by atoms with Crippen LogP contribution in [0.5, 0.6) is 0 Å². The molecule has 0 fully saturated rings. The topological polar surface area (TPSA) is 0 Å². The molecule has 0 N–H and O–H groups in total. The Bertz CT molecular complexity index is 49.4. The molecule has 0 aromatic carbocycles. The molecule has 0 heterocycles. The summed E-state index contributed by atoms with van der Waals surface area (Å²) >= 11 is 0. The summed E-state index contributed by atoms with van der Waals surface area (Å²) in [6.45, 7) is 9.23. The minimum Gasteiger partial charge on any atom is -0.111 e. The Morgan fingerprint density at radius 2 is 1.25 bits per heavy atom. The van der Waals surface area contributed by atoms with Crippen LogP contribution in [0.4, 0.5) is 0 Å². The second kappa shape index (κ2) is 3.06. The Morgan fingerprint density at radius 1 is 1.00 bits per heavy atom. The van der Waals surface area contributed by atoms with Gasteiger partial charge in [0, 0.05) is 11.8 Å². The summed E-state index contributed by atoms with van der Waals surface area (Å²) in [5.41, 5.74) is 0. The third kappa shape index (κ3) is 2.30. The first-order valence-corrected chi connectivity index (χ1v) is 2.89. The molecular weight excluding hydrogens is 94.9 g/mol. The SMILES string of the molecule is [BH3-][C+](C(C)C)C(C)C. The Hall–Kier alpha value is -0.0651. The van der Waals surface area contributed by atoms with Gasteiger partial charge >= 0.3 is 0 Å². The molecule has 0 aliphatic rings. The van der Waals surface area contributed by atoms with Crippen LogP contribution < -0.4 is 0 Å². The lowest BCUT2D eigenvalue weighted by Gasteiger charge is -2.14. The molecule has 0 rings (SSSR count). The van der Waals surface area contributed by atoms with Gasteiger partial charge < -0.3 is 0 Å². The van der Waals surface area contributed by atoms with Crippen molar-refractivity contribution in [1.82, 2.24) is 0 Å². The van der Waals surface area contributed by atoms with Crippen molar-refractivity contribution >= 4 is 7.85 Å². The maximum atomic E-state index is 2.31. The molecule has 0 aliphatic heterocycles. The zero-order valence-corrected chi connectivity index (χ0v) is 5.65. The molecule has 0 spiro atoms. The van der Waals surface area contributed by atoms with Crippen LogP contribution in [0.1, 0.15) is 27.7 Å². The van der Waals surface area contributed by atoms with E-state index in [0.717, 1.165) is 11.8 Å². The fourth-order valence-corrected chi connectivity index (χ4v) is 0.667. The summed E-state index contributed by atoms with van der Waals surface area (Å²) in [7, 11) is 0.509. The second-order valence-electron chi connectivity index (χ2n) is 2.48. The summed E-state index contributed by atoms with van der Waals surface area (Å²) in [5.74, 6) is 3.59. The van der Waals surface area contributed by atoms with Gasteiger partial charge in [0.2, 0.25) is 0 Å². The Kier molecular flexibility index (Phi) is 3.03. The highest BCUT2D eigenvalue weighted by Gasteiger charge is 2.13. The predicted octanol–water partition coefficient (Wildman–Crippen LogP) is 1.20. The van der Waals surface area contributed by atoms with Crippen molar-refractivity contribution in [3.8, 4) is 0 Å². The number of hydrogen-bond acceptors (Lipinski definition) is 0. The fourth-order valence-electron chi connectivity index (χ4n) is 0.667. The Morgan fingerprint density at radius 3 is 1.25 bits per heavy atom. The van der Waals surface area contributed by atoms with Crippen LogP contribution in [0.3, 0.4) is 0 Å². The van der Waals surface area contributed by atoms with Gasteiger partial charge in [-0.1, -0.05) is 0 Å². The van der Waals surface area contributed by atoms with Crippen molar-refractivity contribution in [3.05, 3.63) is 5.82 Å². The molecule has 48 valence electrons. The first-order chi connectivity index (χ1) is 3.55. The molecule has 0 saturated heterocycles. The van der Waals surface area contributed by atoms with Gasteiger partial charge in [-0.15, -0.1) is 5.82 Å².